The van der Waals surface area contributed by atoms with Crippen molar-refractivity contribution in [3.8, 4) is 0 Å². The molecule has 1 amide bonds. The van der Waals surface area contributed by atoms with Gasteiger partial charge >= 0.3 is 0 Å². The summed E-state index contributed by atoms with van der Waals surface area (Å²) in [6.45, 7) is 5.75. The van der Waals surface area contributed by atoms with Crippen LogP contribution in [0.3, 0.4) is 0 Å². The summed E-state index contributed by atoms with van der Waals surface area (Å²) < 4.78 is 0. The first-order valence-corrected chi connectivity index (χ1v) is 6.78. The van der Waals surface area contributed by atoms with Crippen LogP contribution < -0.4 is 10.6 Å². The molecule has 0 bridgehead atoms. The summed E-state index contributed by atoms with van der Waals surface area (Å²) >= 11 is 6.05. The molecule has 2 N–H and O–H groups in total. The van der Waals surface area contributed by atoms with Gasteiger partial charge in [-0.25, -0.2) is 0 Å². The number of carbonyl (C=O) groups is 1. The van der Waals surface area contributed by atoms with Crippen LogP contribution in [-0.4, -0.2) is 19.0 Å². The molecular weight excluding hydrogens is 248 g/mol. The van der Waals surface area contributed by atoms with Crippen molar-refractivity contribution in [3.05, 3.63) is 28.8 Å². The molecule has 0 radical (unpaired) electrons. The number of carbonyl (C=O) groups excluding carboxylic acids is 1. The Hall–Kier alpha value is -1.06. The molecule has 1 aromatic carbocycles. The van der Waals surface area contributed by atoms with Crippen molar-refractivity contribution in [1.29, 1.82) is 0 Å². The van der Waals surface area contributed by atoms with E-state index in [0.29, 0.717) is 18.0 Å². The van der Waals surface area contributed by atoms with Crippen molar-refractivity contribution in [2.75, 3.05) is 18.4 Å². The maximum absolute atomic E-state index is 11.7. The van der Waals surface area contributed by atoms with Crippen molar-refractivity contribution >= 4 is 23.2 Å². The summed E-state index contributed by atoms with van der Waals surface area (Å²) in [6.07, 6.45) is 2.78. The standard InChI is InChI=1S/C14H21ClN2O/c1-3-4-9-16-10-8-13(18)17-14-11(2)6-5-7-12(14)15/h5-7,16H,3-4,8-10H2,1-2H3,(H,17,18). The van der Waals surface area contributed by atoms with Crippen molar-refractivity contribution < 1.29 is 4.79 Å². The predicted octanol–water partition coefficient (Wildman–Crippen LogP) is 3.37. The number of unbranched alkanes of at least 4 members (excludes halogenated alkanes) is 1. The second kappa shape index (κ2) is 8.11. The van der Waals surface area contributed by atoms with Gasteiger partial charge in [-0.3, -0.25) is 4.79 Å². The third-order valence-corrected chi connectivity index (χ3v) is 3.04. The number of rotatable bonds is 7. The average molecular weight is 269 g/mol. The van der Waals surface area contributed by atoms with Crippen LogP contribution >= 0.6 is 11.6 Å². The molecule has 0 saturated carbocycles. The fourth-order valence-corrected chi connectivity index (χ4v) is 1.89. The van der Waals surface area contributed by atoms with E-state index < -0.39 is 0 Å². The highest BCUT2D eigenvalue weighted by Crippen LogP contribution is 2.25. The number of nitrogens with one attached hydrogen (secondary N) is 2. The molecule has 0 aliphatic heterocycles. The van der Waals surface area contributed by atoms with E-state index >= 15 is 0 Å². The highest BCUT2D eigenvalue weighted by Gasteiger charge is 2.07. The van der Waals surface area contributed by atoms with Gasteiger partial charge in [-0.1, -0.05) is 37.1 Å². The van der Waals surface area contributed by atoms with E-state index in [4.69, 9.17) is 11.6 Å². The van der Waals surface area contributed by atoms with Gasteiger partial charge in [0.25, 0.3) is 0 Å². The lowest BCUT2D eigenvalue weighted by Gasteiger charge is -2.10. The first-order chi connectivity index (χ1) is 8.65. The number of para-hydroxylation sites is 1. The fraction of sp³-hybridized carbons (Fsp3) is 0.500. The molecule has 4 heteroatoms. The Morgan fingerprint density at radius 3 is 2.78 bits per heavy atom. The predicted molar refractivity (Wildman–Crippen MR) is 77.2 cm³/mol. The molecule has 3 nitrogen and oxygen atoms in total. The average Bonchev–Trinajstić information content (AvgIpc) is 2.34. The van der Waals surface area contributed by atoms with Crippen molar-refractivity contribution in [3.63, 3.8) is 0 Å². The van der Waals surface area contributed by atoms with Crippen LogP contribution in [0.5, 0.6) is 0 Å². The van der Waals surface area contributed by atoms with Crippen molar-refractivity contribution in [2.24, 2.45) is 0 Å². The molecule has 100 valence electrons. The Kier molecular flexibility index (Phi) is 6.76. The van der Waals surface area contributed by atoms with E-state index in [9.17, 15) is 4.79 Å². The summed E-state index contributed by atoms with van der Waals surface area (Å²) in [6, 6.07) is 5.59. The van der Waals surface area contributed by atoms with Crippen molar-refractivity contribution in [2.45, 2.75) is 33.1 Å². The van der Waals surface area contributed by atoms with Gasteiger partial charge in [-0.05, 0) is 31.5 Å². The summed E-state index contributed by atoms with van der Waals surface area (Å²) in [5.41, 5.74) is 1.70. The topological polar surface area (TPSA) is 41.1 Å². The quantitative estimate of drug-likeness (QED) is 0.745. The summed E-state index contributed by atoms with van der Waals surface area (Å²) in [7, 11) is 0. The SMILES string of the molecule is CCCCNCCC(=O)Nc1c(C)cccc1Cl. The van der Waals surface area contributed by atoms with Gasteiger partial charge in [0.15, 0.2) is 0 Å². The van der Waals surface area contributed by atoms with E-state index in [2.05, 4.69) is 17.6 Å². The molecule has 0 unspecified atom stereocenters. The number of benzene rings is 1. The summed E-state index contributed by atoms with van der Waals surface area (Å²) in [5, 5.41) is 6.68. The van der Waals surface area contributed by atoms with Gasteiger partial charge in [0.05, 0.1) is 10.7 Å². The van der Waals surface area contributed by atoms with Crippen LogP contribution in [0.25, 0.3) is 0 Å². The van der Waals surface area contributed by atoms with E-state index in [-0.39, 0.29) is 5.91 Å². The highest BCUT2D eigenvalue weighted by atomic mass is 35.5. The monoisotopic (exact) mass is 268 g/mol. The van der Waals surface area contributed by atoms with Crippen LogP contribution in [0.15, 0.2) is 18.2 Å². The lowest BCUT2D eigenvalue weighted by Crippen LogP contribution is -2.22. The van der Waals surface area contributed by atoms with Gasteiger partial charge < -0.3 is 10.6 Å². The van der Waals surface area contributed by atoms with Crippen LogP contribution in [0.1, 0.15) is 31.7 Å². The number of hydrogen-bond donors (Lipinski definition) is 2. The Labute approximate surface area is 114 Å². The third kappa shape index (κ3) is 5.07. The molecule has 1 aromatic rings. The van der Waals surface area contributed by atoms with Gasteiger partial charge in [0.1, 0.15) is 0 Å². The minimum atomic E-state index is -0.00445. The number of anilines is 1. The number of amides is 1. The molecule has 0 aromatic heterocycles. The van der Waals surface area contributed by atoms with E-state index in [1.807, 2.05) is 19.1 Å². The van der Waals surface area contributed by atoms with Crippen LogP contribution in [0.4, 0.5) is 5.69 Å². The minimum Gasteiger partial charge on any atom is -0.325 e. The first-order valence-electron chi connectivity index (χ1n) is 6.40. The normalized spacial score (nSPS) is 10.4. The molecule has 0 heterocycles. The second-order valence-electron chi connectivity index (χ2n) is 4.33. The smallest absolute Gasteiger partial charge is 0.225 e. The molecule has 0 saturated heterocycles. The molecule has 0 aliphatic rings. The lowest BCUT2D eigenvalue weighted by molar-refractivity contribution is -0.116. The third-order valence-electron chi connectivity index (χ3n) is 2.72. The Balaban J connectivity index is 2.36. The first kappa shape index (κ1) is 15.0. The number of halogens is 1. The molecule has 0 aliphatic carbocycles. The van der Waals surface area contributed by atoms with Gasteiger partial charge in [0, 0.05) is 13.0 Å². The molecular formula is C14H21ClN2O. The zero-order valence-electron chi connectivity index (χ0n) is 11.1. The van der Waals surface area contributed by atoms with Gasteiger partial charge in [-0.2, -0.15) is 0 Å². The molecule has 18 heavy (non-hydrogen) atoms. The molecule has 0 spiro atoms. The number of hydrogen-bond acceptors (Lipinski definition) is 2. The maximum atomic E-state index is 11.7. The van der Waals surface area contributed by atoms with Crippen LogP contribution in [0.2, 0.25) is 5.02 Å². The maximum Gasteiger partial charge on any atom is 0.225 e. The molecule has 0 fully saturated rings. The zero-order chi connectivity index (χ0) is 13.4. The molecule has 0 atom stereocenters. The van der Waals surface area contributed by atoms with Gasteiger partial charge in [-0.15, -0.1) is 0 Å². The summed E-state index contributed by atoms with van der Waals surface area (Å²) in [4.78, 5) is 11.7. The largest absolute Gasteiger partial charge is 0.325 e. The minimum absolute atomic E-state index is 0.00445. The highest BCUT2D eigenvalue weighted by molar-refractivity contribution is 6.33. The van der Waals surface area contributed by atoms with E-state index in [1.54, 1.807) is 6.07 Å². The van der Waals surface area contributed by atoms with E-state index in [0.717, 1.165) is 30.6 Å². The number of aryl methyl sites for hydroxylation is 1. The second-order valence-corrected chi connectivity index (χ2v) is 4.74. The Morgan fingerprint density at radius 1 is 1.33 bits per heavy atom. The lowest BCUT2D eigenvalue weighted by atomic mass is 10.2. The van der Waals surface area contributed by atoms with Crippen LogP contribution in [0, 0.1) is 6.92 Å². The van der Waals surface area contributed by atoms with Crippen molar-refractivity contribution in [1.82, 2.24) is 5.32 Å². The molecule has 1 rings (SSSR count). The Bertz CT molecular complexity index is 373. The zero-order valence-corrected chi connectivity index (χ0v) is 11.8. The fourth-order valence-electron chi connectivity index (χ4n) is 1.62. The van der Waals surface area contributed by atoms with E-state index in [1.165, 1.54) is 0 Å². The Morgan fingerprint density at radius 2 is 2.11 bits per heavy atom. The van der Waals surface area contributed by atoms with Crippen LogP contribution in [-0.2, 0) is 4.79 Å². The summed E-state index contributed by atoms with van der Waals surface area (Å²) in [5.74, 6) is -0.00445. The van der Waals surface area contributed by atoms with Gasteiger partial charge in [0.2, 0.25) is 5.91 Å².